The summed E-state index contributed by atoms with van der Waals surface area (Å²) < 4.78 is 7.42. The number of nitrogens with zero attached hydrogens (tertiary/aromatic N) is 5. The third kappa shape index (κ3) is 3.29. The summed E-state index contributed by atoms with van der Waals surface area (Å²) in [6.45, 7) is 4.61. The molecule has 8 nitrogen and oxygen atoms in total. The molecule has 0 fully saturated rings. The molecule has 1 amide bonds. The molecule has 0 bridgehead atoms. The Kier molecular flexibility index (Phi) is 4.37. The smallest absolute Gasteiger partial charge is 0.266 e. The molecule has 0 aliphatic heterocycles. The largest absolute Gasteiger partial charge is 0.417 e. The van der Waals surface area contributed by atoms with Gasteiger partial charge in [-0.15, -0.1) is 10.2 Å². The fourth-order valence-corrected chi connectivity index (χ4v) is 2.86. The van der Waals surface area contributed by atoms with Crippen molar-refractivity contribution in [1.82, 2.24) is 30.3 Å². The minimum atomic E-state index is -0.227. The summed E-state index contributed by atoms with van der Waals surface area (Å²) in [7, 11) is 0. The molecule has 3 heterocycles. The number of amides is 1. The van der Waals surface area contributed by atoms with Crippen molar-refractivity contribution in [2.75, 3.05) is 0 Å². The summed E-state index contributed by atoms with van der Waals surface area (Å²) >= 11 is 0. The van der Waals surface area contributed by atoms with Crippen molar-refractivity contribution in [2.45, 2.75) is 26.9 Å². The Morgan fingerprint density at radius 3 is 2.89 bits per heavy atom. The van der Waals surface area contributed by atoms with E-state index in [-0.39, 0.29) is 12.5 Å². The topological polar surface area (TPSA) is 98.7 Å². The van der Waals surface area contributed by atoms with Crippen molar-refractivity contribution in [3.05, 3.63) is 59.9 Å². The van der Waals surface area contributed by atoms with Crippen molar-refractivity contribution in [2.24, 2.45) is 0 Å². The van der Waals surface area contributed by atoms with Crippen LogP contribution in [0.1, 0.15) is 28.9 Å². The molecule has 0 aliphatic carbocycles. The van der Waals surface area contributed by atoms with E-state index in [1.807, 2.05) is 37.3 Å². The highest BCUT2D eigenvalue weighted by Gasteiger charge is 2.16. The molecule has 0 saturated carbocycles. The molecule has 0 saturated heterocycles. The normalized spacial score (nSPS) is 11.0. The molecule has 1 N–H and O–H groups in total. The first kappa shape index (κ1) is 16.9. The highest BCUT2D eigenvalue weighted by Crippen LogP contribution is 2.25. The van der Waals surface area contributed by atoms with Crippen LogP contribution in [-0.2, 0) is 13.1 Å². The van der Waals surface area contributed by atoms with Gasteiger partial charge in [-0.05, 0) is 25.3 Å². The SMILES string of the molecule is CCn1cc(C(=O)NCc2nnc(-c3nccc4ccccc34)o2)c(C)n1. The van der Waals surface area contributed by atoms with E-state index in [4.69, 9.17) is 4.42 Å². The number of aryl methyl sites for hydroxylation is 2. The van der Waals surface area contributed by atoms with E-state index in [0.29, 0.717) is 35.3 Å². The van der Waals surface area contributed by atoms with E-state index < -0.39 is 0 Å². The standard InChI is InChI=1S/C19H18N6O2/c1-3-25-11-15(12(2)24-25)18(26)21-10-16-22-23-19(27-16)17-14-7-5-4-6-13(14)8-9-20-17/h4-9,11H,3,10H2,1-2H3,(H,21,26). The zero-order chi connectivity index (χ0) is 18.8. The van der Waals surface area contributed by atoms with E-state index in [9.17, 15) is 4.79 Å². The van der Waals surface area contributed by atoms with E-state index in [1.54, 1.807) is 24.0 Å². The van der Waals surface area contributed by atoms with E-state index in [1.165, 1.54) is 0 Å². The Bertz CT molecular complexity index is 1110. The number of carbonyl (C=O) groups is 1. The van der Waals surface area contributed by atoms with Gasteiger partial charge < -0.3 is 9.73 Å². The van der Waals surface area contributed by atoms with Gasteiger partial charge in [-0.25, -0.2) is 0 Å². The zero-order valence-electron chi connectivity index (χ0n) is 15.0. The lowest BCUT2D eigenvalue weighted by Gasteiger charge is -2.01. The maximum atomic E-state index is 12.4. The van der Waals surface area contributed by atoms with Crippen LogP contribution < -0.4 is 5.32 Å². The predicted octanol–water partition coefficient (Wildman–Crippen LogP) is 2.74. The Morgan fingerprint density at radius 2 is 2.07 bits per heavy atom. The molecule has 0 atom stereocenters. The fraction of sp³-hybridized carbons (Fsp3) is 0.211. The summed E-state index contributed by atoms with van der Waals surface area (Å²) in [6, 6.07) is 9.77. The minimum Gasteiger partial charge on any atom is -0.417 e. The number of carbonyl (C=O) groups excluding carboxylic acids is 1. The lowest BCUT2D eigenvalue weighted by molar-refractivity contribution is 0.0946. The van der Waals surface area contributed by atoms with Crippen molar-refractivity contribution < 1.29 is 9.21 Å². The molecular formula is C19H18N6O2. The van der Waals surface area contributed by atoms with Gasteiger partial charge in [0.05, 0.1) is 17.8 Å². The molecule has 0 radical (unpaired) electrons. The first-order chi connectivity index (χ1) is 13.2. The third-order valence-corrected chi connectivity index (χ3v) is 4.26. The number of fused-ring (bicyclic) bond motifs is 1. The maximum Gasteiger partial charge on any atom is 0.266 e. The van der Waals surface area contributed by atoms with Gasteiger partial charge in [0.1, 0.15) is 5.69 Å². The monoisotopic (exact) mass is 362 g/mol. The average Bonchev–Trinajstić information content (AvgIpc) is 3.32. The van der Waals surface area contributed by atoms with Gasteiger partial charge in [0.2, 0.25) is 5.89 Å². The molecule has 1 aromatic carbocycles. The highest BCUT2D eigenvalue weighted by atomic mass is 16.4. The first-order valence-corrected chi connectivity index (χ1v) is 8.64. The van der Waals surface area contributed by atoms with Crippen LogP contribution in [0.3, 0.4) is 0 Å². The van der Waals surface area contributed by atoms with Crippen LogP contribution in [0.15, 0.2) is 47.1 Å². The first-order valence-electron chi connectivity index (χ1n) is 8.64. The summed E-state index contributed by atoms with van der Waals surface area (Å²) in [4.78, 5) is 16.7. The summed E-state index contributed by atoms with van der Waals surface area (Å²) in [5.41, 5.74) is 1.84. The second-order valence-electron chi connectivity index (χ2n) is 6.05. The number of hydrogen-bond acceptors (Lipinski definition) is 6. The van der Waals surface area contributed by atoms with Crippen molar-refractivity contribution >= 4 is 16.7 Å². The van der Waals surface area contributed by atoms with Crippen LogP contribution >= 0.6 is 0 Å². The van der Waals surface area contributed by atoms with Gasteiger partial charge in [0.25, 0.3) is 11.8 Å². The van der Waals surface area contributed by atoms with Gasteiger partial charge in [0, 0.05) is 24.3 Å². The third-order valence-electron chi connectivity index (χ3n) is 4.26. The van der Waals surface area contributed by atoms with Gasteiger partial charge >= 0.3 is 0 Å². The van der Waals surface area contributed by atoms with Crippen molar-refractivity contribution in [1.29, 1.82) is 0 Å². The van der Waals surface area contributed by atoms with Crippen LogP contribution in [0.25, 0.3) is 22.4 Å². The van der Waals surface area contributed by atoms with Crippen LogP contribution in [0, 0.1) is 6.92 Å². The zero-order valence-corrected chi connectivity index (χ0v) is 15.0. The number of pyridine rings is 1. The molecule has 27 heavy (non-hydrogen) atoms. The summed E-state index contributed by atoms with van der Waals surface area (Å²) in [6.07, 6.45) is 3.43. The van der Waals surface area contributed by atoms with Gasteiger partial charge in [0.15, 0.2) is 0 Å². The molecule has 0 spiro atoms. The second-order valence-corrected chi connectivity index (χ2v) is 6.05. The van der Waals surface area contributed by atoms with Gasteiger partial charge in [-0.3, -0.25) is 14.5 Å². The molecule has 0 aliphatic rings. The molecule has 136 valence electrons. The van der Waals surface area contributed by atoms with Crippen molar-refractivity contribution in [3.8, 4) is 11.6 Å². The Balaban J connectivity index is 1.51. The van der Waals surface area contributed by atoms with E-state index in [0.717, 1.165) is 10.8 Å². The fourth-order valence-electron chi connectivity index (χ4n) is 2.86. The Morgan fingerprint density at radius 1 is 1.22 bits per heavy atom. The Hall–Kier alpha value is -3.55. The van der Waals surface area contributed by atoms with Crippen LogP contribution in [-0.4, -0.2) is 30.9 Å². The second kappa shape index (κ2) is 6.99. The highest BCUT2D eigenvalue weighted by molar-refractivity contribution is 5.95. The molecule has 4 aromatic rings. The molecular weight excluding hydrogens is 344 g/mol. The van der Waals surface area contributed by atoms with E-state index >= 15 is 0 Å². The summed E-state index contributed by atoms with van der Waals surface area (Å²) in [5, 5.41) is 17.1. The maximum absolute atomic E-state index is 12.4. The number of aromatic nitrogens is 5. The van der Waals surface area contributed by atoms with Crippen LogP contribution in [0.2, 0.25) is 0 Å². The average molecular weight is 362 g/mol. The van der Waals surface area contributed by atoms with Crippen LogP contribution in [0.5, 0.6) is 0 Å². The van der Waals surface area contributed by atoms with E-state index in [2.05, 4.69) is 25.6 Å². The number of rotatable bonds is 5. The Labute approximate surface area is 155 Å². The number of hydrogen-bond donors (Lipinski definition) is 1. The lowest BCUT2D eigenvalue weighted by Crippen LogP contribution is -2.23. The molecule has 8 heteroatoms. The quantitative estimate of drug-likeness (QED) is 0.586. The predicted molar refractivity (Wildman–Crippen MR) is 98.8 cm³/mol. The number of benzene rings is 1. The van der Waals surface area contributed by atoms with Gasteiger partial charge in [-0.2, -0.15) is 5.10 Å². The lowest BCUT2D eigenvalue weighted by atomic mass is 10.1. The van der Waals surface area contributed by atoms with Crippen LogP contribution in [0.4, 0.5) is 0 Å². The minimum absolute atomic E-state index is 0.132. The molecule has 0 unspecified atom stereocenters. The molecule has 4 rings (SSSR count). The summed E-state index contributed by atoms with van der Waals surface area (Å²) in [5.74, 6) is 0.412. The van der Waals surface area contributed by atoms with Gasteiger partial charge in [-0.1, -0.05) is 24.3 Å². The molecule has 3 aromatic heterocycles. The van der Waals surface area contributed by atoms with Crippen molar-refractivity contribution in [3.63, 3.8) is 0 Å². The number of nitrogens with one attached hydrogen (secondary N) is 1.